The van der Waals surface area contributed by atoms with Crippen molar-refractivity contribution in [3.05, 3.63) is 129 Å². The van der Waals surface area contributed by atoms with Gasteiger partial charge in [-0.1, -0.05) is 231 Å². The van der Waals surface area contributed by atoms with Crippen molar-refractivity contribution in [1.82, 2.24) is 0 Å². The molecule has 60 heavy (non-hydrogen) atoms. The summed E-state index contributed by atoms with van der Waals surface area (Å²) >= 11 is 17.2. The van der Waals surface area contributed by atoms with Crippen molar-refractivity contribution >= 4 is 88.9 Å². The van der Waals surface area contributed by atoms with Crippen LogP contribution in [0.3, 0.4) is 0 Å². The topological polar surface area (TPSA) is 0 Å². The zero-order valence-electron chi connectivity index (χ0n) is 41.6. The standard InChI is InChI=1S/C51H80Cl2Si7/c1-38-34-39(2)46(40(3)35-38)60(53,33-32-51(52,42-28-24-22-25-29-42)43-30-26-23-27-31-43)47-44(49(56(10,11)12)57(13,14)15)36-41(48(54(4,5)6)55(7,8)9)37-45(47)50(58(16,17)18)59(19,20)21/h22-31,34-37,48-50H,1-21H3. The van der Waals surface area contributed by atoms with E-state index in [2.05, 4.69) is 235 Å². The molecule has 0 aromatic heterocycles. The third-order valence-electron chi connectivity index (χ3n) is 12.5. The minimum atomic E-state index is -3.53. The number of rotatable bonds is 13. The van der Waals surface area contributed by atoms with Crippen LogP contribution in [0.25, 0.3) is 0 Å². The molecule has 0 amide bonds. The fraction of sp³-hybridized carbons (Fsp3) is 0.490. The molecular weight excluding hydrogens is 880 g/mol. The Morgan fingerprint density at radius 1 is 0.450 bits per heavy atom. The highest BCUT2D eigenvalue weighted by Gasteiger charge is 2.52. The molecule has 0 radical (unpaired) electrons. The molecule has 4 aromatic rings. The summed E-state index contributed by atoms with van der Waals surface area (Å²) in [6, 6.07) is 31.3. The summed E-state index contributed by atoms with van der Waals surface area (Å²) in [5.74, 6) is 3.91. The fourth-order valence-corrected chi connectivity index (χ4v) is 56.4. The van der Waals surface area contributed by atoms with E-state index < -0.39 is 60.7 Å². The van der Waals surface area contributed by atoms with Crippen molar-refractivity contribution in [2.45, 2.75) is 159 Å². The van der Waals surface area contributed by atoms with Crippen molar-refractivity contribution in [3.8, 4) is 11.5 Å². The minimum absolute atomic E-state index is 0.481. The Hall–Kier alpha value is -1.46. The van der Waals surface area contributed by atoms with Gasteiger partial charge in [0.15, 0.2) is 4.87 Å². The maximum absolute atomic E-state index is 9.13. The maximum Gasteiger partial charge on any atom is 0.294 e. The summed E-state index contributed by atoms with van der Waals surface area (Å²) in [5.41, 5.74) is 14.6. The second kappa shape index (κ2) is 17.8. The lowest BCUT2D eigenvalue weighted by atomic mass is 9.91. The number of hydrogen-bond acceptors (Lipinski definition) is 0. The van der Waals surface area contributed by atoms with Crippen LogP contribution in [0, 0.1) is 32.2 Å². The van der Waals surface area contributed by atoms with Crippen molar-refractivity contribution in [3.63, 3.8) is 0 Å². The van der Waals surface area contributed by atoms with E-state index in [0.717, 1.165) is 11.1 Å². The molecule has 0 nitrogen and oxygen atoms in total. The molecule has 0 aliphatic rings. The van der Waals surface area contributed by atoms with E-state index in [1.54, 1.807) is 16.7 Å². The van der Waals surface area contributed by atoms with Crippen LogP contribution in [0.4, 0.5) is 0 Å². The SMILES string of the molecule is Cc1cc(C)c([Si](Cl)(C#CC(Cl)(c2ccccc2)c2ccccc2)c2c(C([Si](C)(C)C)[Si](C)(C)C)cc(C([Si](C)(C)C)[Si](C)(C)C)cc2C([Si](C)(C)C)[Si](C)(C)C)c(C)c1. The number of benzene rings is 4. The first-order valence-corrected chi connectivity index (χ1v) is 47.2. The van der Waals surface area contributed by atoms with Crippen molar-refractivity contribution in [1.29, 1.82) is 0 Å². The van der Waals surface area contributed by atoms with Gasteiger partial charge in [0.25, 0.3) is 7.38 Å². The lowest BCUT2D eigenvalue weighted by Gasteiger charge is -2.47. The Balaban J connectivity index is 2.52. The number of aryl methyl sites for hydroxylation is 3. The minimum Gasteiger partial charge on any atom is -0.138 e. The van der Waals surface area contributed by atoms with Gasteiger partial charge in [-0.2, -0.15) is 0 Å². The van der Waals surface area contributed by atoms with Crippen LogP contribution >= 0.6 is 22.7 Å². The third-order valence-corrected chi connectivity index (χ3v) is 45.5. The molecule has 0 spiro atoms. The summed E-state index contributed by atoms with van der Waals surface area (Å²) < 4.78 is 0. The van der Waals surface area contributed by atoms with Gasteiger partial charge in [-0.25, -0.2) is 0 Å². The lowest BCUT2D eigenvalue weighted by molar-refractivity contribution is 0.960. The Kier molecular flexibility index (Phi) is 15.2. The van der Waals surface area contributed by atoms with Crippen LogP contribution in [-0.4, -0.2) is 55.8 Å². The highest BCUT2D eigenvalue weighted by atomic mass is 35.6. The number of halogens is 2. The molecule has 0 bridgehead atoms. The van der Waals surface area contributed by atoms with Crippen molar-refractivity contribution < 1.29 is 0 Å². The smallest absolute Gasteiger partial charge is 0.138 e. The van der Waals surface area contributed by atoms with E-state index in [4.69, 9.17) is 22.7 Å². The molecule has 0 aliphatic heterocycles. The Morgan fingerprint density at radius 2 is 0.767 bits per heavy atom. The van der Waals surface area contributed by atoms with Gasteiger partial charge in [-0.05, 0) is 85.6 Å². The average Bonchev–Trinajstić information content (AvgIpc) is 3.03. The molecule has 0 heterocycles. The molecular formula is C51H80Cl2Si7. The van der Waals surface area contributed by atoms with Gasteiger partial charge < -0.3 is 0 Å². The Labute approximate surface area is 385 Å². The van der Waals surface area contributed by atoms with Crippen LogP contribution in [-0.2, 0) is 4.87 Å². The van der Waals surface area contributed by atoms with E-state index in [1.807, 2.05) is 0 Å². The van der Waals surface area contributed by atoms with Gasteiger partial charge in [0, 0.05) is 48.4 Å². The lowest BCUT2D eigenvalue weighted by Crippen LogP contribution is -2.62. The highest BCUT2D eigenvalue weighted by Crippen LogP contribution is 2.46. The summed E-state index contributed by atoms with van der Waals surface area (Å²) in [7, 11) is -14.4. The van der Waals surface area contributed by atoms with E-state index in [0.29, 0.717) is 15.5 Å². The van der Waals surface area contributed by atoms with E-state index in [9.17, 15) is 0 Å². The second-order valence-electron chi connectivity index (χ2n) is 24.6. The van der Waals surface area contributed by atoms with Crippen LogP contribution in [0.15, 0.2) is 84.9 Å². The van der Waals surface area contributed by atoms with Crippen molar-refractivity contribution in [2.24, 2.45) is 0 Å². The largest absolute Gasteiger partial charge is 0.294 e. The molecule has 0 saturated carbocycles. The van der Waals surface area contributed by atoms with Crippen LogP contribution in [0.5, 0.6) is 0 Å². The van der Waals surface area contributed by atoms with E-state index in [-0.39, 0.29) is 0 Å². The second-order valence-corrected chi connectivity index (χ2v) is 63.1. The highest BCUT2D eigenvalue weighted by molar-refractivity contribution is 7.39. The number of hydrogen-bond donors (Lipinski definition) is 0. The normalized spacial score (nSPS) is 14.7. The number of alkyl halides is 1. The first-order chi connectivity index (χ1) is 27.1. The quantitative estimate of drug-likeness (QED) is 0.0542. The van der Waals surface area contributed by atoms with Crippen LogP contribution < -0.4 is 10.4 Å². The molecule has 326 valence electrons. The average molecular weight is 961 g/mol. The van der Waals surface area contributed by atoms with Crippen LogP contribution in [0.1, 0.15) is 60.0 Å². The van der Waals surface area contributed by atoms with Gasteiger partial charge in [-0.15, -0.1) is 11.1 Å². The summed E-state index contributed by atoms with van der Waals surface area (Å²) in [4.78, 5) is -1.09. The monoisotopic (exact) mass is 958 g/mol. The first-order valence-electron chi connectivity index (χ1n) is 22.4. The summed E-state index contributed by atoms with van der Waals surface area (Å²) in [6.45, 7) is 54.2. The maximum atomic E-state index is 9.13. The summed E-state index contributed by atoms with van der Waals surface area (Å²) in [5, 5.41) is 4.27. The Morgan fingerprint density at radius 3 is 1.07 bits per heavy atom. The zero-order valence-corrected chi connectivity index (χ0v) is 50.1. The molecule has 1 unspecified atom stereocenters. The van der Waals surface area contributed by atoms with Gasteiger partial charge in [0.05, 0.1) is 0 Å². The predicted octanol–water partition coefficient (Wildman–Crippen LogP) is 15.2. The van der Waals surface area contributed by atoms with Gasteiger partial charge >= 0.3 is 0 Å². The summed E-state index contributed by atoms with van der Waals surface area (Å²) in [6.07, 6.45) is 0. The van der Waals surface area contributed by atoms with E-state index >= 15 is 0 Å². The molecule has 1 atom stereocenters. The zero-order chi connectivity index (χ0) is 45.8. The fourth-order valence-electron chi connectivity index (χ4n) is 12.3. The molecule has 0 fully saturated rings. The van der Waals surface area contributed by atoms with Crippen molar-refractivity contribution in [2.75, 3.05) is 0 Å². The van der Waals surface area contributed by atoms with Crippen LogP contribution in [0.2, 0.25) is 118 Å². The molecule has 0 saturated heterocycles. The third kappa shape index (κ3) is 11.1. The molecule has 4 aromatic carbocycles. The van der Waals surface area contributed by atoms with Gasteiger partial charge in [0.1, 0.15) is 0 Å². The van der Waals surface area contributed by atoms with Gasteiger partial charge in [0.2, 0.25) is 0 Å². The molecule has 9 heteroatoms. The first kappa shape index (κ1) is 51.2. The molecule has 0 aliphatic carbocycles. The molecule has 0 N–H and O–H groups in total. The van der Waals surface area contributed by atoms with E-state index in [1.165, 1.54) is 27.1 Å². The van der Waals surface area contributed by atoms with Gasteiger partial charge in [-0.3, -0.25) is 0 Å². The predicted molar refractivity (Wildman–Crippen MR) is 294 cm³/mol. The molecule has 4 rings (SSSR count). The Bertz CT molecular complexity index is 2040.